The Labute approximate surface area is 165 Å². The molecule has 0 saturated heterocycles. The maximum Gasteiger partial charge on any atom is 0.257 e. The lowest BCUT2D eigenvalue weighted by molar-refractivity contribution is 0.102. The smallest absolute Gasteiger partial charge is 0.257 e. The highest BCUT2D eigenvalue weighted by molar-refractivity contribution is 6.04. The molecule has 2 N–H and O–H groups in total. The van der Waals surface area contributed by atoms with E-state index in [0.29, 0.717) is 11.3 Å². The molecular formula is C23H25N3O2. The number of nitrogens with one attached hydrogen (secondary N) is 2. The van der Waals surface area contributed by atoms with E-state index in [1.165, 1.54) is 5.56 Å². The van der Waals surface area contributed by atoms with Crippen LogP contribution >= 0.6 is 0 Å². The summed E-state index contributed by atoms with van der Waals surface area (Å²) in [6, 6.07) is 15.3. The molecule has 0 saturated carbocycles. The minimum atomic E-state index is -0.214. The molecule has 5 heteroatoms. The molecule has 2 aromatic carbocycles. The van der Waals surface area contributed by atoms with Crippen LogP contribution < -0.4 is 15.4 Å². The third kappa shape index (κ3) is 5.10. The Morgan fingerprint density at radius 2 is 1.71 bits per heavy atom. The number of carbonyl (C=O) groups excluding carboxylic acids is 1. The summed E-state index contributed by atoms with van der Waals surface area (Å²) >= 11 is 0. The van der Waals surface area contributed by atoms with Gasteiger partial charge in [-0.3, -0.25) is 9.78 Å². The fourth-order valence-corrected chi connectivity index (χ4v) is 2.83. The van der Waals surface area contributed by atoms with Crippen LogP contribution in [0.15, 0.2) is 60.9 Å². The van der Waals surface area contributed by atoms with Gasteiger partial charge >= 0.3 is 0 Å². The molecule has 0 fully saturated rings. The molecule has 1 heterocycles. The van der Waals surface area contributed by atoms with Crippen molar-refractivity contribution >= 4 is 23.0 Å². The van der Waals surface area contributed by atoms with Gasteiger partial charge in [-0.25, -0.2) is 0 Å². The fraction of sp³-hybridized carbons (Fsp3) is 0.217. The summed E-state index contributed by atoms with van der Waals surface area (Å²) in [5.41, 5.74) is 5.29. The van der Waals surface area contributed by atoms with Gasteiger partial charge in [-0.2, -0.15) is 0 Å². The van der Waals surface area contributed by atoms with Crippen molar-refractivity contribution in [2.75, 3.05) is 10.6 Å². The first-order chi connectivity index (χ1) is 13.4. The lowest BCUT2D eigenvalue weighted by Crippen LogP contribution is -2.12. The molecule has 28 heavy (non-hydrogen) atoms. The maximum absolute atomic E-state index is 12.6. The quantitative estimate of drug-likeness (QED) is 0.599. The van der Waals surface area contributed by atoms with Crippen LogP contribution in [0.2, 0.25) is 0 Å². The zero-order valence-electron chi connectivity index (χ0n) is 16.6. The van der Waals surface area contributed by atoms with E-state index < -0.39 is 0 Å². The monoisotopic (exact) mass is 375 g/mol. The summed E-state index contributed by atoms with van der Waals surface area (Å²) in [6.45, 7) is 8.06. The molecule has 3 rings (SSSR count). The SMILES string of the molecule is Cc1ccc(Nc2cncc(C(=O)Nc3ccc(OC(C)C)cc3)c2)c(C)c1. The number of pyridine rings is 1. The number of aromatic nitrogens is 1. The fourth-order valence-electron chi connectivity index (χ4n) is 2.83. The zero-order valence-corrected chi connectivity index (χ0v) is 16.6. The number of hydrogen-bond acceptors (Lipinski definition) is 4. The maximum atomic E-state index is 12.6. The first-order valence-corrected chi connectivity index (χ1v) is 9.28. The van der Waals surface area contributed by atoms with Gasteiger partial charge in [0.25, 0.3) is 5.91 Å². The van der Waals surface area contributed by atoms with Gasteiger partial charge < -0.3 is 15.4 Å². The van der Waals surface area contributed by atoms with E-state index in [4.69, 9.17) is 4.74 Å². The highest BCUT2D eigenvalue weighted by Crippen LogP contribution is 2.22. The largest absolute Gasteiger partial charge is 0.491 e. The van der Waals surface area contributed by atoms with Crippen LogP contribution in [0.25, 0.3) is 0 Å². The molecule has 0 aliphatic heterocycles. The predicted molar refractivity (Wildman–Crippen MR) is 114 cm³/mol. The lowest BCUT2D eigenvalue weighted by Gasteiger charge is -2.12. The Bertz CT molecular complexity index is 966. The zero-order chi connectivity index (χ0) is 20.1. The molecule has 3 aromatic rings. The Hall–Kier alpha value is -3.34. The number of hydrogen-bond donors (Lipinski definition) is 2. The predicted octanol–water partition coefficient (Wildman–Crippen LogP) is 5.48. The summed E-state index contributed by atoms with van der Waals surface area (Å²) in [5.74, 6) is 0.559. The number of carbonyl (C=O) groups is 1. The van der Waals surface area contributed by atoms with Crippen molar-refractivity contribution in [3.8, 4) is 5.75 Å². The summed E-state index contributed by atoms with van der Waals surface area (Å²) in [6.07, 6.45) is 3.37. The van der Waals surface area contributed by atoms with Crippen molar-refractivity contribution in [1.82, 2.24) is 4.98 Å². The second kappa shape index (κ2) is 8.57. The number of aryl methyl sites for hydroxylation is 2. The van der Waals surface area contributed by atoms with Crippen molar-refractivity contribution in [3.05, 3.63) is 77.6 Å². The van der Waals surface area contributed by atoms with Gasteiger partial charge in [-0.15, -0.1) is 0 Å². The van der Waals surface area contributed by atoms with E-state index in [2.05, 4.69) is 28.6 Å². The number of benzene rings is 2. The third-order valence-corrected chi connectivity index (χ3v) is 4.15. The van der Waals surface area contributed by atoms with Gasteiger partial charge in [0.2, 0.25) is 0 Å². The molecule has 5 nitrogen and oxygen atoms in total. The molecule has 0 bridgehead atoms. The van der Waals surface area contributed by atoms with E-state index in [-0.39, 0.29) is 12.0 Å². The highest BCUT2D eigenvalue weighted by Gasteiger charge is 2.09. The minimum Gasteiger partial charge on any atom is -0.491 e. The normalized spacial score (nSPS) is 10.6. The van der Waals surface area contributed by atoms with Gasteiger partial charge in [-0.1, -0.05) is 17.7 Å². The van der Waals surface area contributed by atoms with Gasteiger partial charge in [0.1, 0.15) is 5.75 Å². The molecule has 0 aliphatic carbocycles. The number of ether oxygens (including phenoxy) is 1. The Balaban J connectivity index is 1.69. The average molecular weight is 375 g/mol. The van der Waals surface area contributed by atoms with Gasteiger partial charge in [0, 0.05) is 17.6 Å². The molecule has 0 radical (unpaired) electrons. The standard InChI is InChI=1S/C23H25N3O2/c1-15(2)28-21-8-6-19(7-9-21)26-23(27)18-12-20(14-24-13-18)25-22-10-5-16(3)11-17(22)4/h5-15,25H,1-4H3,(H,26,27). The molecule has 144 valence electrons. The minimum absolute atomic E-state index is 0.110. The first-order valence-electron chi connectivity index (χ1n) is 9.28. The highest BCUT2D eigenvalue weighted by atomic mass is 16.5. The van der Waals surface area contributed by atoms with E-state index >= 15 is 0 Å². The Morgan fingerprint density at radius 3 is 2.39 bits per heavy atom. The number of nitrogens with zero attached hydrogens (tertiary/aromatic N) is 1. The van der Waals surface area contributed by atoms with Crippen LogP contribution in [0.5, 0.6) is 5.75 Å². The van der Waals surface area contributed by atoms with Crippen LogP contribution in [0.4, 0.5) is 17.1 Å². The van der Waals surface area contributed by atoms with Crippen LogP contribution in [0.1, 0.15) is 35.3 Å². The van der Waals surface area contributed by atoms with Gasteiger partial charge in [-0.05, 0) is 69.7 Å². The third-order valence-electron chi connectivity index (χ3n) is 4.15. The molecule has 0 unspecified atom stereocenters. The topological polar surface area (TPSA) is 63.2 Å². The molecular weight excluding hydrogens is 350 g/mol. The molecule has 1 amide bonds. The van der Waals surface area contributed by atoms with Crippen molar-refractivity contribution in [3.63, 3.8) is 0 Å². The molecule has 1 aromatic heterocycles. The van der Waals surface area contributed by atoms with Gasteiger partial charge in [0.15, 0.2) is 0 Å². The van der Waals surface area contributed by atoms with Crippen molar-refractivity contribution in [1.29, 1.82) is 0 Å². The summed E-state index contributed by atoms with van der Waals surface area (Å²) in [4.78, 5) is 16.8. The van der Waals surface area contributed by atoms with E-state index in [9.17, 15) is 4.79 Å². The lowest BCUT2D eigenvalue weighted by atomic mass is 10.1. The molecule has 0 spiro atoms. The second-order valence-corrected chi connectivity index (χ2v) is 7.05. The van der Waals surface area contributed by atoms with Crippen molar-refractivity contribution in [2.45, 2.75) is 33.8 Å². The number of anilines is 3. The summed E-state index contributed by atoms with van der Waals surface area (Å²) in [5, 5.41) is 6.21. The van der Waals surface area contributed by atoms with Crippen LogP contribution in [-0.2, 0) is 0 Å². The summed E-state index contributed by atoms with van der Waals surface area (Å²) in [7, 11) is 0. The Kier molecular flexibility index (Phi) is 5.94. The van der Waals surface area contributed by atoms with E-state index in [1.54, 1.807) is 18.5 Å². The molecule has 0 aliphatic rings. The summed E-state index contributed by atoms with van der Waals surface area (Å²) < 4.78 is 5.62. The molecule has 0 atom stereocenters. The van der Waals surface area contributed by atoms with E-state index in [1.807, 2.05) is 57.2 Å². The van der Waals surface area contributed by atoms with E-state index in [0.717, 1.165) is 22.7 Å². The van der Waals surface area contributed by atoms with Crippen LogP contribution in [0, 0.1) is 13.8 Å². The second-order valence-electron chi connectivity index (χ2n) is 7.05. The van der Waals surface area contributed by atoms with Crippen molar-refractivity contribution in [2.24, 2.45) is 0 Å². The number of rotatable bonds is 6. The number of amides is 1. The van der Waals surface area contributed by atoms with Gasteiger partial charge in [0.05, 0.1) is 23.6 Å². The van der Waals surface area contributed by atoms with Crippen LogP contribution in [0.3, 0.4) is 0 Å². The van der Waals surface area contributed by atoms with Crippen LogP contribution in [-0.4, -0.2) is 17.0 Å². The Morgan fingerprint density at radius 1 is 0.964 bits per heavy atom. The van der Waals surface area contributed by atoms with Crippen molar-refractivity contribution < 1.29 is 9.53 Å². The first kappa shape index (κ1) is 19.4. The average Bonchev–Trinajstić information content (AvgIpc) is 2.65.